The SMILES string of the molecule is Cc1c2cnn(CC(=O)NCc3cccnc3)c(=O)c2c(C)n1Cc1ccccc1F. The van der Waals surface area contributed by atoms with Gasteiger partial charge in [0, 0.05) is 41.3 Å². The van der Waals surface area contributed by atoms with Crippen molar-refractivity contribution < 1.29 is 9.18 Å². The topological polar surface area (TPSA) is 81.8 Å². The Morgan fingerprint density at radius 2 is 1.90 bits per heavy atom. The molecule has 0 aliphatic rings. The lowest BCUT2D eigenvalue weighted by molar-refractivity contribution is -0.122. The summed E-state index contributed by atoms with van der Waals surface area (Å²) in [5, 5.41) is 8.14. The van der Waals surface area contributed by atoms with Gasteiger partial charge in [-0.1, -0.05) is 24.3 Å². The molecule has 1 amide bonds. The number of pyridine rings is 1. The van der Waals surface area contributed by atoms with Gasteiger partial charge in [-0.25, -0.2) is 9.07 Å². The molecule has 8 heteroatoms. The van der Waals surface area contributed by atoms with Gasteiger partial charge in [0.25, 0.3) is 5.56 Å². The third kappa shape index (κ3) is 4.09. The fraction of sp³-hybridized carbons (Fsp3) is 0.217. The van der Waals surface area contributed by atoms with Gasteiger partial charge in [0.15, 0.2) is 0 Å². The standard InChI is InChI=1S/C23H22FN5O2/c1-15-19-12-27-29(14-21(30)26-11-17-6-5-9-25-10-17)23(31)22(19)16(2)28(15)13-18-7-3-4-8-20(18)24/h3-10,12H,11,13-14H2,1-2H3,(H,26,30). The Kier molecular flexibility index (Phi) is 5.62. The van der Waals surface area contributed by atoms with Crippen LogP contribution in [0.1, 0.15) is 22.5 Å². The second kappa shape index (κ2) is 8.51. The molecule has 0 atom stereocenters. The second-order valence-corrected chi connectivity index (χ2v) is 7.38. The number of nitrogens with zero attached hydrogens (tertiary/aromatic N) is 4. The van der Waals surface area contributed by atoms with Gasteiger partial charge in [-0.05, 0) is 31.5 Å². The normalized spacial score (nSPS) is 11.1. The predicted molar refractivity (Wildman–Crippen MR) is 115 cm³/mol. The molecule has 0 radical (unpaired) electrons. The minimum atomic E-state index is -0.345. The molecule has 0 unspecified atom stereocenters. The lowest BCUT2D eigenvalue weighted by Crippen LogP contribution is -2.33. The molecule has 0 aliphatic carbocycles. The van der Waals surface area contributed by atoms with Crippen LogP contribution in [0, 0.1) is 19.7 Å². The Balaban J connectivity index is 1.60. The number of halogens is 1. The highest BCUT2D eigenvalue weighted by Crippen LogP contribution is 2.23. The van der Waals surface area contributed by atoms with E-state index in [1.807, 2.05) is 24.5 Å². The molecule has 7 nitrogen and oxygen atoms in total. The number of fused-ring (bicyclic) bond motifs is 1. The molecule has 0 saturated heterocycles. The molecule has 0 fully saturated rings. The summed E-state index contributed by atoms with van der Waals surface area (Å²) in [6, 6.07) is 10.2. The maximum absolute atomic E-state index is 14.1. The van der Waals surface area contributed by atoms with Crippen molar-refractivity contribution in [1.29, 1.82) is 0 Å². The van der Waals surface area contributed by atoms with Crippen molar-refractivity contribution in [2.24, 2.45) is 0 Å². The molecule has 0 aliphatic heterocycles. The van der Waals surface area contributed by atoms with Crippen molar-refractivity contribution in [3.05, 3.63) is 93.7 Å². The number of nitrogens with one attached hydrogen (secondary N) is 1. The Morgan fingerprint density at radius 3 is 2.65 bits per heavy atom. The first-order chi connectivity index (χ1) is 15.0. The second-order valence-electron chi connectivity index (χ2n) is 7.38. The number of aryl methyl sites for hydroxylation is 2. The number of benzene rings is 1. The fourth-order valence-electron chi connectivity index (χ4n) is 3.69. The number of carbonyl (C=O) groups is 1. The summed E-state index contributed by atoms with van der Waals surface area (Å²) in [4.78, 5) is 29.4. The summed E-state index contributed by atoms with van der Waals surface area (Å²) in [6.45, 7) is 4.14. The molecule has 158 valence electrons. The van der Waals surface area contributed by atoms with E-state index in [0.29, 0.717) is 35.1 Å². The maximum Gasteiger partial charge on any atom is 0.276 e. The molecule has 4 rings (SSSR count). The number of hydrogen-bond acceptors (Lipinski definition) is 4. The molecule has 3 aromatic heterocycles. The fourth-order valence-corrected chi connectivity index (χ4v) is 3.69. The predicted octanol–water partition coefficient (Wildman–Crippen LogP) is 2.71. The quantitative estimate of drug-likeness (QED) is 0.521. The summed E-state index contributed by atoms with van der Waals surface area (Å²) < 4.78 is 17.2. The maximum atomic E-state index is 14.1. The Morgan fingerprint density at radius 1 is 1.10 bits per heavy atom. The van der Waals surface area contributed by atoms with Crippen LogP contribution in [0.4, 0.5) is 4.39 Å². The van der Waals surface area contributed by atoms with E-state index in [9.17, 15) is 14.0 Å². The van der Waals surface area contributed by atoms with Crippen molar-refractivity contribution in [2.45, 2.75) is 33.5 Å². The van der Waals surface area contributed by atoms with Crippen LogP contribution >= 0.6 is 0 Å². The first-order valence-corrected chi connectivity index (χ1v) is 9.90. The average molecular weight is 419 g/mol. The minimum absolute atomic E-state index is 0.188. The molecule has 1 aromatic carbocycles. The van der Waals surface area contributed by atoms with Gasteiger partial charge < -0.3 is 9.88 Å². The molecule has 0 saturated carbocycles. The Bertz CT molecular complexity index is 1310. The summed E-state index contributed by atoms with van der Waals surface area (Å²) >= 11 is 0. The number of amides is 1. The highest BCUT2D eigenvalue weighted by Gasteiger charge is 2.18. The summed E-state index contributed by atoms with van der Waals surface area (Å²) in [5.74, 6) is -0.613. The van der Waals surface area contributed by atoms with Gasteiger partial charge in [-0.3, -0.25) is 14.6 Å². The van der Waals surface area contributed by atoms with Crippen LogP contribution < -0.4 is 10.9 Å². The van der Waals surface area contributed by atoms with Crippen molar-refractivity contribution in [1.82, 2.24) is 24.6 Å². The Labute approximate surface area is 178 Å². The van der Waals surface area contributed by atoms with Crippen LogP contribution in [0.3, 0.4) is 0 Å². The van der Waals surface area contributed by atoms with Gasteiger partial charge >= 0.3 is 0 Å². The van der Waals surface area contributed by atoms with E-state index in [0.717, 1.165) is 15.9 Å². The summed E-state index contributed by atoms with van der Waals surface area (Å²) in [7, 11) is 0. The minimum Gasteiger partial charge on any atom is -0.350 e. The van der Waals surface area contributed by atoms with E-state index in [4.69, 9.17) is 0 Å². The van der Waals surface area contributed by atoms with E-state index < -0.39 is 0 Å². The van der Waals surface area contributed by atoms with Gasteiger partial charge in [0.05, 0.1) is 18.1 Å². The highest BCUT2D eigenvalue weighted by molar-refractivity contribution is 5.87. The summed E-state index contributed by atoms with van der Waals surface area (Å²) in [6.07, 6.45) is 4.92. The van der Waals surface area contributed by atoms with Crippen LogP contribution in [0.2, 0.25) is 0 Å². The lowest BCUT2D eigenvalue weighted by atomic mass is 10.2. The zero-order valence-electron chi connectivity index (χ0n) is 17.3. The third-order valence-corrected chi connectivity index (χ3v) is 5.40. The van der Waals surface area contributed by atoms with E-state index >= 15 is 0 Å². The highest BCUT2D eigenvalue weighted by atomic mass is 19.1. The van der Waals surface area contributed by atoms with Crippen LogP contribution in [0.25, 0.3) is 10.8 Å². The van der Waals surface area contributed by atoms with Gasteiger partial charge in [-0.2, -0.15) is 5.10 Å². The zero-order chi connectivity index (χ0) is 22.0. The van der Waals surface area contributed by atoms with Crippen molar-refractivity contribution >= 4 is 16.7 Å². The molecule has 0 bridgehead atoms. The third-order valence-electron chi connectivity index (χ3n) is 5.40. The molecular formula is C23H22FN5O2. The molecular weight excluding hydrogens is 397 g/mol. The molecule has 3 heterocycles. The van der Waals surface area contributed by atoms with Gasteiger partial charge in [0.2, 0.25) is 5.91 Å². The molecule has 0 spiro atoms. The van der Waals surface area contributed by atoms with Crippen LogP contribution in [-0.2, 0) is 24.4 Å². The first kappa shape index (κ1) is 20.5. The van der Waals surface area contributed by atoms with Crippen LogP contribution in [0.5, 0.6) is 0 Å². The number of carbonyl (C=O) groups excluding carboxylic acids is 1. The van der Waals surface area contributed by atoms with Crippen LogP contribution in [-0.4, -0.2) is 25.2 Å². The van der Waals surface area contributed by atoms with Crippen molar-refractivity contribution in [2.75, 3.05) is 0 Å². The number of rotatable bonds is 6. The van der Waals surface area contributed by atoms with E-state index in [1.54, 1.807) is 42.9 Å². The van der Waals surface area contributed by atoms with E-state index in [1.165, 1.54) is 6.07 Å². The first-order valence-electron chi connectivity index (χ1n) is 9.90. The van der Waals surface area contributed by atoms with Crippen molar-refractivity contribution in [3.8, 4) is 0 Å². The van der Waals surface area contributed by atoms with E-state index in [-0.39, 0.29) is 23.8 Å². The number of aromatic nitrogens is 4. The van der Waals surface area contributed by atoms with Gasteiger partial charge in [-0.15, -0.1) is 0 Å². The average Bonchev–Trinajstić information content (AvgIpc) is 3.01. The zero-order valence-corrected chi connectivity index (χ0v) is 17.3. The van der Waals surface area contributed by atoms with Crippen LogP contribution in [0.15, 0.2) is 59.8 Å². The van der Waals surface area contributed by atoms with E-state index in [2.05, 4.69) is 15.4 Å². The number of hydrogen-bond donors (Lipinski definition) is 1. The lowest BCUT2D eigenvalue weighted by Gasteiger charge is -2.10. The monoisotopic (exact) mass is 419 g/mol. The largest absolute Gasteiger partial charge is 0.350 e. The van der Waals surface area contributed by atoms with Gasteiger partial charge in [0.1, 0.15) is 12.4 Å². The molecule has 31 heavy (non-hydrogen) atoms. The molecule has 4 aromatic rings. The summed E-state index contributed by atoms with van der Waals surface area (Å²) in [5.41, 5.74) is 2.60. The Hall–Kier alpha value is -3.81. The van der Waals surface area contributed by atoms with Crippen molar-refractivity contribution in [3.63, 3.8) is 0 Å². The smallest absolute Gasteiger partial charge is 0.276 e. The molecule has 1 N–H and O–H groups in total.